The molecule has 1 saturated heterocycles. The molecule has 1 atom stereocenters. The molecule has 1 rings (SSSR count). The van der Waals surface area contributed by atoms with Crippen molar-refractivity contribution in [2.45, 2.75) is 38.8 Å². The fourth-order valence-electron chi connectivity index (χ4n) is 1.92. The quantitative estimate of drug-likeness (QED) is 0.729. The highest BCUT2D eigenvalue weighted by Crippen LogP contribution is 2.20. The van der Waals surface area contributed by atoms with Crippen LogP contribution in [0.25, 0.3) is 0 Å². The highest BCUT2D eigenvalue weighted by molar-refractivity contribution is 7.89. The first-order valence-corrected chi connectivity index (χ1v) is 7.39. The van der Waals surface area contributed by atoms with Crippen LogP contribution in [0.4, 0.5) is 0 Å². The SMILES string of the molecule is CC(C)OCCS(=O)(=O)N1CCCC1CN. The van der Waals surface area contributed by atoms with Gasteiger partial charge < -0.3 is 10.5 Å². The van der Waals surface area contributed by atoms with Crippen molar-refractivity contribution in [3.63, 3.8) is 0 Å². The third kappa shape index (κ3) is 3.69. The number of hydrogen-bond donors (Lipinski definition) is 1. The molecule has 96 valence electrons. The summed E-state index contributed by atoms with van der Waals surface area (Å²) in [4.78, 5) is 0. The van der Waals surface area contributed by atoms with Gasteiger partial charge in [-0.25, -0.2) is 8.42 Å². The van der Waals surface area contributed by atoms with E-state index in [1.54, 1.807) is 0 Å². The summed E-state index contributed by atoms with van der Waals surface area (Å²) in [6.07, 6.45) is 1.85. The number of ether oxygens (including phenoxy) is 1. The summed E-state index contributed by atoms with van der Waals surface area (Å²) in [5.41, 5.74) is 5.56. The molecule has 0 spiro atoms. The number of nitrogens with two attached hydrogens (primary N) is 1. The van der Waals surface area contributed by atoms with Crippen LogP contribution in [0.1, 0.15) is 26.7 Å². The lowest BCUT2D eigenvalue weighted by atomic mass is 10.2. The van der Waals surface area contributed by atoms with Crippen molar-refractivity contribution in [1.82, 2.24) is 4.31 Å². The fourth-order valence-corrected chi connectivity index (χ4v) is 3.51. The average Bonchev–Trinajstić information content (AvgIpc) is 2.64. The largest absolute Gasteiger partial charge is 0.378 e. The first-order chi connectivity index (χ1) is 7.47. The molecule has 2 N–H and O–H groups in total. The zero-order chi connectivity index (χ0) is 12.2. The molecule has 0 aliphatic carbocycles. The van der Waals surface area contributed by atoms with E-state index in [1.807, 2.05) is 13.8 Å². The molecule has 0 aromatic rings. The minimum atomic E-state index is -3.19. The van der Waals surface area contributed by atoms with Crippen molar-refractivity contribution < 1.29 is 13.2 Å². The maximum Gasteiger partial charge on any atom is 0.216 e. The summed E-state index contributed by atoms with van der Waals surface area (Å²) >= 11 is 0. The summed E-state index contributed by atoms with van der Waals surface area (Å²) in [5.74, 6) is 0.0572. The number of hydrogen-bond acceptors (Lipinski definition) is 4. The van der Waals surface area contributed by atoms with Crippen molar-refractivity contribution in [2.75, 3.05) is 25.4 Å². The Balaban J connectivity index is 2.49. The van der Waals surface area contributed by atoms with Gasteiger partial charge in [-0.2, -0.15) is 4.31 Å². The van der Waals surface area contributed by atoms with Crippen LogP contribution in [0.3, 0.4) is 0 Å². The van der Waals surface area contributed by atoms with Crippen molar-refractivity contribution in [3.05, 3.63) is 0 Å². The molecule has 1 aliphatic rings. The summed E-state index contributed by atoms with van der Waals surface area (Å²) < 4.78 is 30.8. The van der Waals surface area contributed by atoms with Gasteiger partial charge >= 0.3 is 0 Å². The van der Waals surface area contributed by atoms with Crippen LogP contribution < -0.4 is 5.73 Å². The Bertz CT molecular complexity index is 303. The second kappa shape index (κ2) is 5.95. The number of nitrogens with zero attached hydrogens (tertiary/aromatic N) is 1. The molecule has 1 unspecified atom stereocenters. The Morgan fingerprint density at radius 2 is 2.19 bits per heavy atom. The molecule has 1 heterocycles. The first kappa shape index (κ1) is 13.9. The van der Waals surface area contributed by atoms with Crippen LogP contribution >= 0.6 is 0 Å². The van der Waals surface area contributed by atoms with Crippen LogP contribution in [0.2, 0.25) is 0 Å². The molecular weight excluding hydrogens is 228 g/mol. The fraction of sp³-hybridized carbons (Fsp3) is 1.00. The van der Waals surface area contributed by atoms with Crippen LogP contribution in [0.5, 0.6) is 0 Å². The highest BCUT2D eigenvalue weighted by atomic mass is 32.2. The Morgan fingerprint density at radius 1 is 1.50 bits per heavy atom. The molecule has 6 heteroatoms. The maximum atomic E-state index is 12.0. The van der Waals surface area contributed by atoms with Crippen molar-refractivity contribution in [2.24, 2.45) is 5.73 Å². The maximum absolute atomic E-state index is 12.0. The third-order valence-corrected chi connectivity index (χ3v) is 4.62. The number of rotatable bonds is 6. The molecule has 0 aromatic heterocycles. The molecule has 5 nitrogen and oxygen atoms in total. The van der Waals surface area contributed by atoms with E-state index in [0.717, 1.165) is 12.8 Å². The van der Waals surface area contributed by atoms with Crippen LogP contribution in [0, 0.1) is 0 Å². The Hall–Kier alpha value is -0.170. The number of sulfonamides is 1. The van der Waals surface area contributed by atoms with Crippen LogP contribution in [-0.2, 0) is 14.8 Å². The third-order valence-electron chi connectivity index (χ3n) is 2.74. The molecule has 0 radical (unpaired) electrons. The van der Waals surface area contributed by atoms with E-state index in [9.17, 15) is 8.42 Å². The van der Waals surface area contributed by atoms with E-state index in [-0.39, 0.29) is 24.5 Å². The molecule has 0 bridgehead atoms. The van der Waals surface area contributed by atoms with E-state index < -0.39 is 10.0 Å². The van der Waals surface area contributed by atoms with Gasteiger partial charge in [0.05, 0.1) is 18.5 Å². The van der Waals surface area contributed by atoms with Crippen molar-refractivity contribution >= 4 is 10.0 Å². The standard InChI is InChI=1S/C10H22N2O3S/c1-9(2)15-6-7-16(13,14)12-5-3-4-10(12)8-11/h9-10H,3-8,11H2,1-2H3. The van der Waals surface area contributed by atoms with Crippen LogP contribution in [-0.4, -0.2) is 50.3 Å². The Kier molecular flexibility index (Phi) is 5.17. The van der Waals surface area contributed by atoms with Crippen molar-refractivity contribution in [3.8, 4) is 0 Å². The van der Waals surface area contributed by atoms with Gasteiger partial charge in [0.1, 0.15) is 0 Å². The van der Waals surface area contributed by atoms with E-state index >= 15 is 0 Å². The monoisotopic (exact) mass is 250 g/mol. The lowest BCUT2D eigenvalue weighted by molar-refractivity contribution is 0.0906. The van der Waals surface area contributed by atoms with Gasteiger partial charge in [0.25, 0.3) is 0 Å². The Labute approximate surface area is 98.0 Å². The summed E-state index contributed by atoms with van der Waals surface area (Å²) in [7, 11) is -3.19. The van der Waals surface area contributed by atoms with E-state index in [2.05, 4.69) is 0 Å². The summed E-state index contributed by atoms with van der Waals surface area (Å²) in [6, 6.07) is -0.0101. The van der Waals surface area contributed by atoms with Gasteiger partial charge in [-0.05, 0) is 26.7 Å². The Morgan fingerprint density at radius 3 is 2.75 bits per heavy atom. The zero-order valence-electron chi connectivity index (χ0n) is 10.1. The summed E-state index contributed by atoms with van der Waals surface area (Å²) in [6.45, 7) is 5.06. The van der Waals surface area contributed by atoms with Gasteiger partial charge in [0, 0.05) is 19.1 Å². The van der Waals surface area contributed by atoms with Crippen LogP contribution in [0.15, 0.2) is 0 Å². The molecule has 0 saturated carbocycles. The minimum absolute atomic E-state index is 0.0101. The minimum Gasteiger partial charge on any atom is -0.378 e. The molecular formula is C10H22N2O3S. The summed E-state index contributed by atoms with van der Waals surface area (Å²) in [5, 5.41) is 0. The lowest BCUT2D eigenvalue weighted by Crippen LogP contribution is -2.41. The van der Waals surface area contributed by atoms with Gasteiger partial charge in [-0.15, -0.1) is 0 Å². The highest BCUT2D eigenvalue weighted by Gasteiger charge is 2.32. The van der Waals surface area contributed by atoms with Gasteiger partial charge in [0.15, 0.2) is 0 Å². The van der Waals surface area contributed by atoms with Gasteiger partial charge in [-0.3, -0.25) is 0 Å². The zero-order valence-corrected chi connectivity index (χ0v) is 10.9. The van der Waals surface area contributed by atoms with E-state index in [4.69, 9.17) is 10.5 Å². The lowest BCUT2D eigenvalue weighted by Gasteiger charge is -2.22. The molecule has 0 amide bonds. The topological polar surface area (TPSA) is 72.6 Å². The molecule has 1 fully saturated rings. The molecule has 1 aliphatic heterocycles. The average molecular weight is 250 g/mol. The van der Waals surface area contributed by atoms with Crippen molar-refractivity contribution in [1.29, 1.82) is 0 Å². The smallest absolute Gasteiger partial charge is 0.216 e. The van der Waals surface area contributed by atoms with E-state index in [0.29, 0.717) is 13.1 Å². The predicted octanol–water partition coefficient (Wildman–Crippen LogP) is 0.164. The molecule has 16 heavy (non-hydrogen) atoms. The predicted molar refractivity (Wildman–Crippen MR) is 63.7 cm³/mol. The molecule has 0 aromatic carbocycles. The normalized spacial score (nSPS) is 23.1. The second-order valence-corrected chi connectivity index (χ2v) is 6.42. The first-order valence-electron chi connectivity index (χ1n) is 5.78. The van der Waals surface area contributed by atoms with Gasteiger partial charge in [0.2, 0.25) is 10.0 Å². The second-order valence-electron chi connectivity index (χ2n) is 4.38. The van der Waals surface area contributed by atoms with E-state index in [1.165, 1.54) is 4.31 Å². The van der Waals surface area contributed by atoms with Gasteiger partial charge in [-0.1, -0.05) is 0 Å².